The third-order valence-corrected chi connectivity index (χ3v) is 3.99. The van der Waals surface area contributed by atoms with Crippen molar-refractivity contribution in [1.29, 1.82) is 0 Å². The molecule has 2 aliphatic rings. The minimum absolute atomic E-state index is 0.0515. The third-order valence-electron chi connectivity index (χ3n) is 2.85. The number of aliphatic hydroxyl groups is 1. The molecular weight excluding hydrogens is 170 g/mol. The van der Waals surface area contributed by atoms with Gasteiger partial charge in [0.15, 0.2) is 0 Å². The van der Waals surface area contributed by atoms with Crippen LogP contribution < -0.4 is 0 Å². The van der Waals surface area contributed by atoms with Gasteiger partial charge in [0.2, 0.25) is 0 Å². The summed E-state index contributed by atoms with van der Waals surface area (Å²) in [4.78, 5) is 2.48. The van der Waals surface area contributed by atoms with Gasteiger partial charge in [-0.2, -0.15) is 11.8 Å². The molecule has 0 amide bonds. The fourth-order valence-corrected chi connectivity index (χ4v) is 3.38. The zero-order valence-electron chi connectivity index (χ0n) is 7.41. The van der Waals surface area contributed by atoms with E-state index < -0.39 is 0 Å². The summed E-state index contributed by atoms with van der Waals surface area (Å²) >= 11 is 2.05. The number of β-amino-alcohol motifs (C(OH)–C–C–N with tert-alkyl or cyclic N) is 1. The molecule has 2 aliphatic heterocycles. The Morgan fingerprint density at radius 3 is 2.92 bits per heavy atom. The van der Waals surface area contributed by atoms with Crippen LogP contribution >= 0.6 is 11.8 Å². The number of likely N-dealkylation sites (tertiary alicyclic amines) is 1. The van der Waals surface area contributed by atoms with Gasteiger partial charge in [0.1, 0.15) is 0 Å². The monoisotopic (exact) mass is 187 g/mol. The van der Waals surface area contributed by atoms with Crippen LogP contribution in [0.1, 0.15) is 19.3 Å². The molecule has 2 atom stereocenters. The Bertz CT molecular complexity index is 147. The van der Waals surface area contributed by atoms with Gasteiger partial charge in [-0.15, -0.1) is 0 Å². The topological polar surface area (TPSA) is 23.5 Å². The molecule has 0 saturated carbocycles. The Kier molecular flexibility index (Phi) is 2.94. The van der Waals surface area contributed by atoms with Gasteiger partial charge in [0.05, 0.1) is 6.10 Å². The number of piperidine rings is 1. The molecule has 70 valence electrons. The molecule has 0 unspecified atom stereocenters. The Morgan fingerprint density at radius 1 is 1.33 bits per heavy atom. The molecule has 3 heteroatoms. The fourth-order valence-electron chi connectivity index (χ4n) is 2.12. The Hall–Kier alpha value is 0.270. The van der Waals surface area contributed by atoms with Crippen molar-refractivity contribution in [2.24, 2.45) is 0 Å². The summed E-state index contributed by atoms with van der Waals surface area (Å²) in [7, 11) is 0. The van der Waals surface area contributed by atoms with Crippen molar-refractivity contribution < 1.29 is 5.11 Å². The Morgan fingerprint density at radius 2 is 2.25 bits per heavy atom. The minimum Gasteiger partial charge on any atom is -0.392 e. The zero-order chi connectivity index (χ0) is 8.39. The highest BCUT2D eigenvalue weighted by molar-refractivity contribution is 7.99. The van der Waals surface area contributed by atoms with Gasteiger partial charge in [-0.1, -0.05) is 0 Å². The molecule has 12 heavy (non-hydrogen) atoms. The van der Waals surface area contributed by atoms with Crippen molar-refractivity contribution in [3.05, 3.63) is 0 Å². The quantitative estimate of drug-likeness (QED) is 0.661. The molecule has 2 saturated heterocycles. The molecule has 1 N–H and O–H groups in total. The van der Waals surface area contributed by atoms with Crippen LogP contribution in [-0.4, -0.2) is 46.7 Å². The molecule has 2 rings (SSSR count). The molecule has 0 radical (unpaired) electrons. The van der Waals surface area contributed by atoms with Gasteiger partial charge in [-0.05, 0) is 31.6 Å². The standard InChI is InChI=1S/C9H17NOS/c11-9-2-1-4-10(6-9)8-3-5-12-7-8/h8-9,11H,1-7H2/t8-,9+/m0/s1. The number of hydrogen-bond donors (Lipinski definition) is 1. The van der Waals surface area contributed by atoms with Crippen molar-refractivity contribution in [2.75, 3.05) is 24.6 Å². The second kappa shape index (κ2) is 3.99. The molecule has 0 aromatic rings. The second-order valence-corrected chi connectivity index (χ2v) is 4.96. The maximum absolute atomic E-state index is 9.49. The van der Waals surface area contributed by atoms with Crippen molar-refractivity contribution in [2.45, 2.75) is 31.4 Å². The first-order valence-electron chi connectivity index (χ1n) is 4.86. The van der Waals surface area contributed by atoms with Crippen LogP contribution in [0.2, 0.25) is 0 Å². The number of hydrogen-bond acceptors (Lipinski definition) is 3. The van der Waals surface area contributed by atoms with E-state index in [1.54, 1.807) is 0 Å². The number of nitrogens with zero attached hydrogens (tertiary/aromatic N) is 1. The Labute approximate surface area is 78.3 Å². The summed E-state index contributed by atoms with van der Waals surface area (Å²) in [6.07, 6.45) is 3.47. The molecule has 0 spiro atoms. The van der Waals surface area contributed by atoms with E-state index in [4.69, 9.17) is 0 Å². The van der Waals surface area contributed by atoms with Gasteiger partial charge in [0.25, 0.3) is 0 Å². The highest BCUT2D eigenvalue weighted by Gasteiger charge is 2.26. The molecule has 2 fully saturated rings. The zero-order valence-corrected chi connectivity index (χ0v) is 8.22. The van der Waals surface area contributed by atoms with Crippen molar-refractivity contribution in [1.82, 2.24) is 4.90 Å². The minimum atomic E-state index is -0.0515. The summed E-state index contributed by atoms with van der Waals surface area (Å²) in [6, 6.07) is 0.768. The van der Waals surface area contributed by atoms with Gasteiger partial charge in [0, 0.05) is 18.3 Å². The van der Waals surface area contributed by atoms with Gasteiger partial charge in [-0.3, -0.25) is 4.90 Å². The predicted octanol–water partition coefficient (Wildman–Crippen LogP) is 0.949. The van der Waals surface area contributed by atoms with Gasteiger partial charge < -0.3 is 5.11 Å². The van der Waals surface area contributed by atoms with E-state index in [9.17, 15) is 5.11 Å². The summed E-state index contributed by atoms with van der Waals surface area (Å²) in [5.74, 6) is 2.60. The maximum Gasteiger partial charge on any atom is 0.0667 e. The smallest absolute Gasteiger partial charge is 0.0667 e. The van der Waals surface area contributed by atoms with E-state index in [1.807, 2.05) is 0 Å². The molecule has 0 aromatic carbocycles. The first kappa shape index (κ1) is 8.85. The van der Waals surface area contributed by atoms with Crippen LogP contribution in [0, 0.1) is 0 Å². The summed E-state index contributed by atoms with van der Waals surface area (Å²) < 4.78 is 0. The predicted molar refractivity (Wildman–Crippen MR) is 52.5 cm³/mol. The lowest BCUT2D eigenvalue weighted by Crippen LogP contribution is -2.44. The normalized spacial score (nSPS) is 38.8. The molecule has 0 bridgehead atoms. The van der Waals surface area contributed by atoms with Gasteiger partial charge in [-0.25, -0.2) is 0 Å². The van der Waals surface area contributed by atoms with Crippen molar-refractivity contribution in [3.63, 3.8) is 0 Å². The number of rotatable bonds is 1. The highest BCUT2D eigenvalue weighted by atomic mass is 32.2. The third kappa shape index (κ3) is 1.95. The lowest BCUT2D eigenvalue weighted by Gasteiger charge is -2.34. The van der Waals surface area contributed by atoms with Crippen LogP contribution in [0.25, 0.3) is 0 Å². The highest BCUT2D eigenvalue weighted by Crippen LogP contribution is 2.24. The average molecular weight is 187 g/mol. The van der Waals surface area contributed by atoms with E-state index >= 15 is 0 Å². The van der Waals surface area contributed by atoms with E-state index in [2.05, 4.69) is 16.7 Å². The van der Waals surface area contributed by atoms with Gasteiger partial charge >= 0.3 is 0 Å². The SMILES string of the molecule is O[C@@H]1CCCN([C@H]2CCSC2)C1. The second-order valence-electron chi connectivity index (χ2n) is 3.81. The lowest BCUT2D eigenvalue weighted by atomic mass is 10.1. The molecule has 0 aromatic heterocycles. The van der Waals surface area contributed by atoms with Crippen LogP contribution in [0.3, 0.4) is 0 Å². The maximum atomic E-state index is 9.49. The lowest BCUT2D eigenvalue weighted by molar-refractivity contribution is 0.0523. The largest absolute Gasteiger partial charge is 0.392 e. The first-order valence-corrected chi connectivity index (χ1v) is 6.01. The molecule has 2 nitrogen and oxygen atoms in total. The van der Waals surface area contributed by atoms with E-state index in [0.29, 0.717) is 0 Å². The van der Waals surface area contributed by atoms with E-state index in [-0.39, 0.29) is 6.10 Å². The number of aliphatic hydroxyl groups excluding tert-OH is 1. The molecule has 0 aliphatic carbocycles. The first-order chi connectivity index (χ1) is 5.86. The average Bonchev–Trinajstić information content (AvgIpc) is 2.56. The van der Waals surface area contributed by atoms with Crippen molar-refractivity contribution >= 4 is 11.8 Å². The van der Waals surface area contributed by atoms with Crippen molar-refractivity contribution in [3.8, 4) is 0 Å². The Balaban J connectivity index is 1.85. The van der Waals surface area contributed by atoms with Crippen LogP contribution in [-0.2, 0) is 0 Å². The van der Waals surface area contributed by atoms with Crippen LogP contribution in [0.5, 0.6) is 0 Å². The van der Waals surface area contributed by atoms with E-state index in [0.717, 1.165) is 19.0 Å². The summed E-state index contributed by atoms with van der Waals surface area (Å²) in [5, 5.41) is 9.49. The molecular formula is C9H17NOS. The fraction of sp³-hybridized carbons (Fsp3) is 1.00. The van der Waals surface area contributed by atoms with Crippen LogP contribution in [0.15, 0.2) is 0 Å². The van der Waals surface area contributed by atoms with E-state index in [1.165, 1.54) is 30.9 Å². The van der Waals surface area contributed by atoms with Crippen LogP contribution in [0.4, 0.5) is 0 Å². The number of thioether (sulfide) groups is 1. The summed E-state index contributed by atoms with van der Waals surface area (Å²) in [5.41, 5.74) is 0. The molecule has 2 heterocycles. The summed E-state index contributed by atoms with van der Waals surface area (Å²) in [6.45, 7) is 2.13.